The lowest BCUT2D eigenvalue weighted by molar-refractivity contribution is -0.153. The maximum atomic E-state index is 12.3. The van der Waals surface area contributed by atoms with Gasteiger partial charge in [0.15, 0.2) is 6.61 Å². The van der Waals surface area contributed by atoms with E-state index in [9.17, 15) is 13.2 Å². The van der Waals surface area contributed by atoms with E-state index in [1.165, 1.54) is 6.07 Å². The number of nitrogens with zero attached hydrogens (tertiary/aromatic N) is 1. The quantitative estimate of drug-likeness (QED) is 0.911. The number of pyridine rings is 1. The van der Waals surface area contributed by atoms with Crippen molar-refractivity contribution in [3.8, 4) is 5.75 Å². The van der Waals surface area contributed by atoms with Gasteiger partial charge in [0, 0.05) is 23.8 Å². The Kier molecular flexibility index (Phi) is 4.25. The number of aromatic nitrogens is 1. The van der Waals surface area contributed by atoms with Crippen molar-refractivity contribution in [1.29, 1.82) is 0 Å². The van der Waals surface area contributed by atoms with Gasteiger partial charge in [-0.05, 0) is 18.1 Å². The molecule has 1 aromatic carbocycles. The Hall–Kier alpha value is -1.98. The van der Waals surface area contributed by atoms with Crippen LogP contribution in [0.2, 0.25) is 0 Å². The van der Waals surface area contributed by atoms with E-state index in [0.29, 0.717) is 5.52 Å². The smallest absolute Gasteiger partial charge is 0.422 e. The second kappa shape index (κ2) is 5.79. The molecule has 0 spiro atoms. The van der Waals surface area contributed by atoms with Crippen molar-refractivity contribution in [1.82, 2.24) is 4.98 Å². The third-order valence-electron chi connectivity index (χ3n) is 3.07. The van der Waals surface area contributed by atoms with Crippen molar-refractivity contribution < 1.29 is 17.9 Å². The number of alkyl halides is 3. The molecule has 2 rings (SSSR count). The minimum absolute atomic E-state index is 0.142. The number of anilines is 1. The summed E-state index contributed by atoms with van der Waals surface area (Å²) in [4.78, 5) is 4.45. The zero-order valence-corrected chi connectivity index (χ0v) is 12.1. The Balaban J connectivity index is 2.53. The van der Waals surface area contributed by atoms with Crippen molar-refractivity contribution in [2.45, 2.75) is 25.9 Å². The average Bonchev–Trinajstić information content (AvgIpc) is 2.42. The summed E-state index contributed by atoms with van der Waals surface area (Å²) < 4.78 is 41.9. The van der Waals surface area contributed by atoms with Gasteiger partial charge in [0.05, 0.1) is 0 Å². The highest BCUT2D eigenvalue weighted by molar-refractivity contribution is 5.95. The Morgan fingerprint density at radius 1 is 1.29 bits per heavy atom. The van der Waals surface area contributed by atoms with Gasteiger partial charge in [0.2, 0.25) is 0 Å². The Morgan fingerprint density at radius 3 is 2.57 bits per heavy atom. The molecule has 0 bridgehead atoms. The Labute approximate surface area is 121 Å². The second-order valence-electron chi connectivity index (χ2n) is 5.06. The minimum Gasteiger partial charge on any atom is -0.482 e. The molecule has 21 heavy (non-hydrogen) atoms. The van der Waals surface area contributed by atoms with Gasteiger partial charge < -0.3 is 10.1 Å². The van der Waals surface area contributed by atoms with Gasteiger partial charge in [-0.15, -0.1) is 0 Å². The van der Waals surface area contributed by atoms with Gasteiger partial charge in [0.1, 0.15) is 11.3 Å². The summed E-state index contributed by atoms with van der Waals surface area (Å²) >= 11 is 0. The zero-order chi connectivity index (χ0) is 15.6. The first-order valence-corrected chi connectivity index (χ1v) is 6.63. The molecule has 0 aliphatic heterocycles. The molecule has 0 saturated heterocycles. The van der Waals surface area contributed by atoms with Crippen LogP contribution in [0, 0.1) is 0 Å². The molecule has 0 aliphatic carbocycles. The highest BCUT2D eigenvalue weighted by Gasteiger charge is 2.29. The molecule has 0 radical (unpaired) electrons. The van der Waals surface area contributed by atoms with E-state index in [0.717, 1.165) is 16.8 Å². The third kappa shape index (κ3) is 3.56. The molecular weight excluding hydrogens is 281 g/mol. The van der Waals surface area contributed by atoms with Crippen molar-refractivity contribution >= 4 is 16.6 Å². The van der Waals surface area contributed by atoms with E-state index in [-0.39, 0.29) is 11.7 Å². The standard InChI is InChI=1S/C15H17F3N2O/c1-9(2)11-7-12(19-3)10-5-4-6-13(14(10)20-11)21-8-15(16,17)18/h4-7,9H,8H2,1-3H3,(H,19,20). The van der Waals surface area contributed by atoms with Crippen LogP contribution >= 0.6 is 0 Å². The van der Waals surface area contributed by atoms with Gasteiger partial charge in [0.25, 0.3) is 0 Å². The molecule has 1 aromatic heterocycles. The van der Waals surface area contributed by atoms with E-state index in [4.69, 9.17) is 4.74 Å². The number of benzene rings is 1. The number of rotatable bonds is 4. The molecule has 114 valence electrons. The van der Waals surface area contributed by atoms with Crippen molar-refractivity contribution in [3.05, 3.63) is 30.0 Å². The van der Waals surface area contributed by atoms with Crippen LogP contribution in [0.1, 0.15) is 25.5 Å². The summed E-state index contributed by atoms with van der Waals surface area (Å²) in [5.41, 5.74) is 2.06. The molecule has 0 unspecified atom stereocenters. The maximum Gasteiger partial charge on any atom is 0.422 e. The number of para-hydroxylation sites is 1. The maximum absolute atomic E-state index is 12.3. The summed E-state index contributed by atoms with van der Waals surface area (Å²) in [6.45, 7) is 2.63. The Bertz CT molecular complexity index is 639. The number of halogens is 3. The monoisotopic (exact) mass is 298 g/mol. The number of hydrogen-bond donors (Lipinski definition) is 1. The van der Waals surface area contributed by atoms with Gasteiger partial charge in [-0.2, -0.15) is 13.2 Å². The van der Waals surface area contributed by atoms with Crippen LogP contribution in [-0.4, -0.2) is 24.8 Å². The molecule has 0 aliphatic rings. The van der Waals surface area contributed by atoms with Gasteiger partial charge in [-0.3, -0.25) is 0 Å². The zero-order valence-electron chi connectivity index (χ0n) is 12.1. The summed E-state index contributed by atoms with van der Waals surface area (Å²) in [6, 6.07) is 6.87. The molecule has 1 N–H and O–H groups in total. The van der Waals surface area contributed by atoms with Crippen molar-refractivity contribution in [2.24, 2.45) is 0 Å². The van der Waals surface area contributed by atoms with Crippen LogP contribution in [0.5, 0.6) is 5.75 Å². The van der Waals surface area contributed by atoms with Crippen LogP contribution in [0.25, 0.3) is 10.9 Å². The van der Waals surface area contributed by atoms with Crippen LogP contribution in [-0.2, 0) is 0 Å². The highest BCUT2D eigenvalue weighted by atomic mass is 19.4. The Morgan fingerprint density at radius 2 is 2.00 bits per heavy atom. The largest absolute Gasteiger partial charge is 0.482 e. The lowest BCUT2D eigenvalue weighted by atomic mass is 10.1. The molecule has 3 nitrogen and oxygen atoms in total. The topological polar surface area (TPSA) is 34.2 Å². The van der Waals surface area contributed by atoms with Crippen LogP contribution < -0.4 is 10.1 Å². The van der Waals surface area contributed by atoms with E-state index in [1.807, 2.05) is 19.9 Å². The summed E-state index contributed by atoms with van der Waals surface area (Å²) in [5, 5.41) is 3.78. The van der Waals surface area contributed by atoms with Crippen LogP contribution in [0.15, 0.2) is 24.3 Å². The predicted octanol–water partition coefficient (Wildman–Crippen LogP) is 4.34. The summed E-state index contributed by atoms with van der Waals surface area (Å²) in [5.74, 6) is 0.306. The molecule has 6 heteroatoms. The van der Waals surface area contributed by atoms with Gasteiger partial charge >= 0.3 is 6.18 Å². The summed E-state index contributed by atoms with van der Waals surface area (Å²) in [6.07, 6.45) is -4.37. The second-order valence-corrected chi connectivity index (χ2v) is 5.06. The fourth-order valence-corrected chi connectivity index (χ4v) is 2.02. The third-order valence-corrected chi connectivity index (χ3v) is 3.07. The van der Waals surface area contributed by atoms with E-state index >= 15 is 0 Å². The fraction of sp³-hybridized carbons (Fsp3) is 0.400. The van der Waals surface area contributed by atoms with E-state index in [2.05, 4.69) is 10.3 Å². The predicted molar refractivity (Wildman–Crippen MR) is 76.9 cm³/mol. The fourth-order valence-electron chi connectivity index (χ4n) is 2.02. The average molecular weight is 298 g/mol. The number of fused-ring (bicyclic) bond motifs is 1. The summed E-state index contributed by atoms with van der Waals surface area (Å²) in [7, 11) is 1.77. The molecular formula is C15H17F3N2O. The number of ether oxygens (including phenoxy) is 1. The van der Waals surface area contributed by atoms with Gasteiger partial charge in [-0.25, -0.2) is 4.98 Å². The first kappa shape index (κ1) is 15.4. The highest BCUT2D eigenvalue weighted by Crippen LogP contribution is 2.32. The van der Waals surface area contributed by atoms with E-state index in [1.54, 1.807) is 19.2 Å². The molecule has 0 amide bonds. The van der Waals surface area contributed by atoms with Crippen molar-refractivity contribution in [2.75, 3.05) is 19.0 Å². The lowest BCUT2D eigenvalue weighted by Crippen LogP contribution is -2.19. The van der Waals surface area contributed by atoms with E-state index < -0.39 is 12.8 Å². The molecule has 1 heterocycles. The first-order valence-electron chi connectivity index (χ1n) is 6.63. The minimum atomic E-state index is -4.37. The number of hydrogen-bond acceptors (Lipinski definition) is 3. The molecule has 0 saturated carbocycles. The molecule has 0 fully saturated rings. The SMILES string of the molecule is CNc1cc(C(C)C)nc2c(OCC(F)(F)F)cccc12. The van der Waals surface area contributed by atoms with Crippen LogP contribution in [0.3, 0.4) is 0 Å². The molecule has 0 atom stereocenters. The molecule has 2 aromatic rings. The normalized spacial score (nSPS) is 12.0. The number of nitrogens with one attached hydrogen (secondary N) is 1. The van der Waals surface area contributed by atoms with Crippen molar-refractivity contribution in [3.63, 3.8) is 0 Å². The van der Waals surface area contributed by atoms with Crippen LogP contribution in [0.4, 0.5) is 18.9 Å². The lowest BCUT2D eigenvalue weighted by Gasteiger charge is -2.15. The van der Waals surface area contributed by atoms with Gasteiger partial charge in [-0.1, -0.05) is 26.0 Å². The first-order chi connectivity index (χ1) is 9.81.